The van der Waals surface area contributed by atoms with Crippen molar-refractivity contribution in [2.75, 3.05) is 20.3 Å². The number of likely N-dealkylation sites (N-methyl/N-ethyl adjacent to an activating group) is 1. The molecule has 2 N–H and O–H groups in total. The second-order valence-electron chi connectivity index (χ2n) is 4.58. The Morgan fingerprint density at radius 1 is 1.45 bits per heavy atom. The van der Waals surface area contributed by atoms with E-state index in [1.54, 1.807) is 0 Å². The van der Waals surface area contributed by atoms with Crippen LogP contribution < -0.4 is 5.73 Å². The number of hydrogen-bond donors (Lipinski definition) is 1. The van der Waals surface area contributed by atoms with Gasteiger partial charge in [0, 0.05) is 30.8 Å². The summed E-state index contributed by atoms with van der Waals surface area (Å²) in [7, 11) is -2.17. The van der Waals surface area contributed by atoms with Gasteiger partial charge >= 0.3 is 0 Å². The van der Waals surface area contributed by atoms with Crippen LogP contribution in [0.5, 0.6) is 0 Å². The lowest BCUT2D eigenvalue weighted by Gasteiger charge is -2.23. The first-order chi connectivity index (χ1) is 9.39. The minimum Gasteiger partial charge on any atom is -0.380 e. The molecule has 112 valence electrons. The molecule has 1 aromatic rings. The monoisotopic (exact) mass is 338 g/mol. The van der Waals surface area contributed by atoms with Gasteiger partial charge in [-0.15, -0.1) is 0 Å². The van der Waals surface area contributed by atoms with E-state index in [1.807, 2.05) is 0 Å². The van der Waals surface area contributed by atoms with Crippen molar-refractivity contribution < 1.29 is 13.2 Å². The van der Waals surface area contributed by atoms with Crippen molar-refractivity contribution in [1.82, 2.24) is 4.31 Å². The van der Waals surface area contributed by atoms with E-state index in [4.69, 9.17) is 33.7 Å². The molecule has 8 heteroatoms. The Morgan fingerprint density at radius 2 is 2.15 bits per heavy atom. The lowest BCUT2D eigenvalue weighted by molar-refractivity contribution is 0.181. The molecule has 1 aromatic carbocycles. The molecule has 0 saturated carbocycles. The molecule has 0 amide bonds. The lowest BCUT2D eigenvalue weighted by atomic mass is 10.2. The Morgan fingerprint density at radius 3 is 2.70 bits per heavy atom. The summed E-state index contributed by atoms with van der Waals surface area (Å²) in [5, 5.41) is 0.453. The Balaban J connectivity index is 2.44. The number of ether oxygens (including phenoxy) is 1. The maximum atomic E-state index is 12.6. The van der Waals surface area contributed by atoms with Crippen molar-refractivity contribution in [2.24, 2.45) is 5.73 Å². The van der Waals surface area contributed by atoms with Crippen LogP contribution in [0.3, 0.4) is 0 Å². The van der Waals surface area contributed by atoms with E-state index >= 15 is 0 Å². The smallest absolute Gasteiger partial charge is 0.244 e. The molecule has 20 heavy (non-hydrogen) atoms. The molecule has 1 heterocycles. The van der Waals surface area contributed by atoms with E-state index in [0.29, 0.717) is 30.2 Å². The Labute approximate surface area is 128 Å². The first kappa shape index (κ1) is 16.0. The predicted molar refractivity (Wildman–Crippen MR) is 78.5 cm³/mol. The van der Waals surface area contributed by atoms with E-state index < -0.39 is 10.0 Å². The molecule has 1 fully saturated rings. The van der Waals surface area contributed by atoms with Crippen LogP contribution >= 0.6 is 23.2 Å². The number of sulfonamides is 1. The van der Waals surface area contributed by atoms with E-state index in [9.17, 15) is 8.42 Å². The molecule has 1 atom stereocenters. The molecular formula is C12H16Cl2N2O3S. The van der Waals surface area contributed by atoms with Crippen molar-refractivity contribution in [3.63, 3.8) is 0 Å². The molecule has 0 spiro atoms. The van der Waals surface area contributed by atoms with E-state index in [2.05, 4.69) is 0 Å². The molecule has 1 aliphatic rings. The third-order valence-electron chi connectivity index (χ3n) is 3.43. The quantitative estimate of drug-likeness (QED) is 0.909. The van der Waals surface area contributed by atoms with Gasteiger partial charge < -0.3 is 10.5 Å². The molecule has 0 aromatic heterocycles. The summed E-state index contributed by atoms with van der Waals surface area (Å²) >= 11 is 12.1. The predicted octanol–water partition coefficient (Wildman–Crippen LogP) is 1.86. The fraction of sp³-hybridized carbons (Fsp3) is 0.500. The van der Waals surface area contributed by atoms with Crippen LogP contribution in [0.25, 0.3) is 0 Å². The minimum atomic E-state index is -3.70. The fourth-order valence-electron chi connectivity index (χ4n) is 2.12. The molecule has 1 saturated heterocycles. The zero-order valence-electron chi connectivity index (χ0n) is 11.0. The summed E-state index contributed by atoms with van der Waals surface area (Å²) in [4.78, 5) is 0.0263. The number of nitrogens with zero attached hydrogens (tertiary/aromatic N) is 1. The van der Waals surface area contributed by atoms with Crippen LogP contribution in [0.15, 0.2) is 17.0 Å². The van der Waals surface area contributed by atoms with Crippen molar-refractivity contribution in [2.45, 2.75) is 23.9 Å². The Hall–Kier alpha value is -0.370. The highest BCUT2D eigenvalue weighted by atomic mass is 35.5. The third-order valence-corrected chi connectivity index (χ3v) is 6.28. The summed E-state index contributed by atoms with van der Waals surface area (Å²) in [6.07, 6.45) is 0.671. The summed E-state index contributed by atoms with van der Waals surface area (Å²) in [6.45, 7) is 1.04. The number of halogens is 2. The second kappa shape index (κ2) is 6.17. The average Bonchev–Trinajstić information content (AvgIpc) is 2.91. The Kier molecular flexibility index (Phi) is 4.94. The first-order valence-corrected chi connectivity index (χ1v) is 8.32. The first-order valence-electron chi connectivity index (χ1n) is 6.12. The summed E-state index contributed by atoms with van der Waals surface area (Å²) in [5.41, 5.74) is 6.00. The van der Waals surface area contributed by atoms with E-state index in [0.717, 1.165) is 0 Å². The molecule has 0 aliphatic carbocycles. The molecule has 1 aliphatic heterocycles. The van der Waals surface area contributed by atoms with Gasteiger partial charge in [-0.3, -0.25) is 0 Å². The van der Waals surface area contributed by atoms with Crippen LogP contribution in [0, 0.1) is 0 Å². The molecule has 0 bridgehead atoms. The number of hydrogen-bond acceptors (Lipinski definition) is 4. The van der Waals surface area contributed by atoms with Crippen LogP contribution in [-0.4, -0.2) is 39.0 Å². The standard InChI is InChI=1S/C12H16Cl2N2O3S/c1-16(8-4-5-19-7-8)20(17,18)11-3-2-10(13)9(6-15)12(11)14/h2-3,8H,4-7,15H2,1H3. The highest BCUT2D eigenvalue weighted by Gasteiger charge is 2.32. The van der Waals surface area contributed by atoms with Gasteiger partial charge in [0.1, 0.15) is 4.90 Å². The van der Waals surface area contributed by atoms with Gasteiger partial charge in [-0.05, 0) is 18.6 Å². The number of rotatable bonds is 4. The number of benzene rings is 1. The summed E-state index contributed by atoms with van der Waals surface area (Å²) < 4.78 is 31.8. The zero-order valence-corrected chi connectivity index (χ0v) is 13.3. The van der Waals surface area contributed by atoms with Crippen molar-refractivity contribution >= 4 is 33.2 Å². The largest absolute Gasteiger partial charge is 0.380 e. The second-order valence-corrected chi connectivity index (χ2v) is 7.33. The zero-order chi connectivity index (χ0) is 14.9. The van der Waals surface area contributed by atoms with Gasteiger partial charge in [-0.2, -0.15) is 4.31 Å². The van der Waals surface area contributed by atoms with Gasteiger partial charge in [-0.25, -0.2) is 8.42 Å². The minimum absolute atomic E-state index is 0.0263. The Bertz CT molecular complexity index is 601. The summed E-state index contributed by atoms with van der Waals surface area (Å²) in [6, 6.07) is 2.74. The topological polar surface area (TPSA) is 72.6 Å². The van der Waals surface area contributed by atoms with Crippen LogP contribution in [0.2, 0.25) is 10.0 Å². The van der Waals surface area contributed by atoms with Gasteiger partial charge in [-0.1, -0.05) is 23.2 Å². The maximum Gasteiger partial charge on any atom is 0.244 e. The molecule has 2 rings (SSSR count). The summed E-state index contributed by atoms with van der Waals surface area (Å²) in [5.74, 6) is 0. The van der Waals surface area contributed by atoms with Gasteiger partial charge in [0.2, 0.25) is 10.0 Å². The molecule has 5 nitrogen and oxygen atoms in total. The van der Waals surface area contributed by atoms with Crippen LogP contribution in [0.4, 0.5) is 0 Å². The highest BCUT2D eigenvalue weighted by molar-refractivity contribution is 7.89. The van der Waals surface area contributed by atoms with Crippen LogP contribution in [-0.2, 0) is 21.3 Å². The van der Waals surface area contributed by atoms with E-state index in [1.165, 1.54) is 23.5 Å². The van der Waals surface area contributed by atoms with E-state index in [-0.39, 0.29) is 22.5 Å². The normalized spacial score (nSPS) is 19.8. The van der Waals surface area contributed by atoms with Crippen LogP contribution in [0.1, 0.15) is 12.0 Å². The van der Waals surface area contributed by atoms with Gasteiger partial charge in [0.15, 0.2) is 0 Å². The molecule has 1 unspecified atom stereocenters. The maximum absolute atomic E-state index is 12.6. The SMILES string of the molecule is CN(C1CCOC1)S(=O)(=O)c1ccc(Cl)c(CN)c1Cl. The number of nitrogens with two attached hydrogens (primary N) is 1. The fourth-order valence-corrected chi connectivity index (χ4v) is 4.40. The highest BCUT2D eigenvalue weighted by Crippen LogP contribution is 2.33. The van der Waals surface area contributed by atoms with Gasteiger partial charge in [0.25, 0.3) is 0 Å². The van der Waals surface area contributed by atoms with Crippen molar-refractivity contribution in [3.05, 3.63) is 27.7 Å². The van der Waals surface area contributed by atoms with Gasteiger partial charge in [0.05, 0.1) is 17.7 Å². The van der Waals surface area contributed by atoms with Crippen molar-refractivity contribution in [3.8, 4) is 0 Å². The molecular weight excluding hydrogens is 323 g/mol. The third kappa shape index (κ3) is 2.81. The molecule has 0 radical (unpaired) electrons. The lowest BCUT2D eigenvalue weighted by Crippen LogP contribution is -2.37. The average molecular weight is 339 g/mol. The van der Waals surface area contributed by atoms with Crippen molar-refractivity contribution in [1.29, 1.82) is 0 Å².